The number of benzene rings is 3. The SMILES string of the molecule is O=Cc1c(S(=O)(=O)O)ccc2c(N=Nc3ccc(S(=O)(=O)O)cc3)c(O)ccc12. The minimum Gasteiger partial charge on any atom is -0.506 e. The smallest absolute Gasteiger partial charge is 0.295 e. The van der Waals surface area contributed by atoms with Gasteiger partial charge in [0.1, 0.15) is 16.3 Å². The summed E-state index contributed by atoms with van der Waals surface area (Å²) in [6, 6.07) is 9.47. The second kappa shape index (κ2) is 7.33. The number of phenolic OH excluding ortho intramolecular Hbond substituents is 1. The minimum absolute atomic E-state index is 0.0775. The van der Waals surface area contributed by atoms with Crippen LogP contribution in [0.2, 0.25) is 0 Å². The summed E-state index contributed by atoms with van der Waals surface area (Å²) in [5.41, 5.74) is -0.190. The van der Waals surface area contributed by atoms with Crippen LogP contribution in [-0.2, 0) is 20.2 Å². The van der Waals surface area contributed by atoms with Crippen LogP contribution in [-0.4, -0.2) is 37.3 Å². The third kappa shape index (κ3) is 4.14. The summed E-state index contributed by atoms with van der Waals surface area (Å²) in [5, 5.41) is 18.2. The summed E-state index contributed by atoms with van der Waals surface area (Å²) in [5.74, 6) is -0.313. The largest absolute Gasteiger partial charge is 0.506 e. The maximum atomic E-state index is 11.5. The Kier molecular flexibility index (Phi) is 5.19. The van der Waals surface area contributed by atoms with Gasteiger partial charge in [-0.15, -0.1) is 5.11 Å². The number of fused-ring (bicyclic) bond motifs is 1. The highest BCUT2D eigenvalue weighted by Crippen LogP contribution is 2.38. The number of phenols is 1. The molecule has 29 heavy (non-hydrogen) atoms. The van der Waals surface area contributed by atoms with Crippen molar-refractivity contribution in [2.75, 3.05) is 0 Å². The molecule has 0 amide bonds. The average Bonchev–Trinajstić information content (AvgIpc) is 2.65. The van der Waals surface area contributed by atoms with Crippen LogP contribution in [0.15, 0.2) is 68.6 Å². The Labute approximate surface area is 164 Å². The van der Waals surface area contributed by atoms with Gasteiger partial charge in [0.05, 0.1) is 10.6 Å². The summed E-state index contributed by atoms with van der Waals surface area (Å²) in [4.78, 5) is 10.5. The number of aldehydes is 1. The molecule has 0 aliphatic carbocycles. The Hall–Kier alpha value is -3.19. The zero-order valence-electron chi connectivity index (χ0n) is 14.3. The van der Waals surface area contributed by atoms with Crippen LogP contribution >= 0.6 is 0 Å². The van der Waals surface area contributed by atoms with E-state index in [1.165, 1.54) is 30.3 Å². The van der Waals surface area contributed by atoms with Gasteiger partial charge < -0.3 is 5.11 Å². The van der Waals surface area contributed by atoms with Crippen molar-refractivity contribution in [1.82, 2.24) is 0 Å². The van der Waals surface area contributed by atoms with E-state index in [1.807, 2.05) is 0 Å². The molecule has 12 heteroatoms. The lowest BCUT2D eigenvalue weighted by atomic mass is 10.0. The van der Waals surface area contributed by atoms with Gasteiger partial charge in [-0.25, -0.2) is 0 Å². The van der Waals surface area contributed by atoms with E-state index in [0.717, 1.165) is 18.2 Å². The lowest BCUT2D eigenvalue weighted by Gasteiger charge is -2.09. The van der Waals surface area contributed by atoms with Crippen LogP contribution in [0.25, 0.3) is 10.8 Å². The number of rotatable bonds is 5. The van der Waals surface area contributed by atoms with Crippen LogP contribution in [0, 0.1) is 0 Å². The molecular weight excluding hydrogens is 424 g/mol. The fourth-order valence-corrected chi connectivity index (χ4v) is 3.78. The zero-order valence-corrected chi connectivity index (χ0v) is 15.9. The Morgan fingerprint density at radius 1 is 0.759 bits per heavy atom. The monoisotopic (exact) mass is 436 g/mol. The quantitative estimate of drug-likeness (QED) is 0.311. The van der Waals surface area contributed by atoms with Crippen LogP contribution in [0.1, 0.15) is 10.4 Å². The van der Waals surface area contributed by atoms with Crippen molar-refractivity contribution in [2.24, 2.45) is 10.2 Å². The summed E-state index contributed by atoms with van der Waals surface area (Å²) in [6.45, 7) is 0. The molecule has 0 bridgehead atoms. The standard InChI is InChI=1S/C17H12N2O8S2/c20-9-14-12-5-7-15(21)17(13(12)6-8-16(14)29(25,26)27)19-18-10-1-3-11(4-2-10)28(22,23)24/h1-9,21H,(H,22,23,24)(H,25,26,27). The number of hydrogen-bond acceptors (Lipinski definition) is 8. The molecule has 3 N–H and O–H groups in total. The minimum atomic E-state index is -4.65. The fraction of sp³-hybridized carbons (Fsp3) is 0. The number of carbonyl (C=O) groups excluding carboxylic acids is 1. The lowest BCUT2D eigenvalue weighted by molar-refractivity contribution is 0.112. The highest BCUT2D eigenvalue weighted by Gasteiger charge is 2.19. The fourth-order valence-electron chi connectivity index (χ4n) is 2.63. The number of nitrogens with zero attached hydrogens (tertiary/aromatic N) is 2. The van der Waals surface area contributed by atoms with Gasteiger partial charge in [0, 0.05) is 10.9 Å². The van der Waals surface area contributed by atoms with Crippen molar-refractivity contribution < 1.29 is 35.8 Å². The first kappa shape index (κ1) is 20.5. The maximum Gasteiger partial charge on any atom is 0.295 e. The second-order valence-electron chi connectivity index (χ2n) is 5.77. The van der Waals surface area contributed by atoms with Gasteiger partial charge >= 0.3 is 0 Å². The van der Waals surface area contributed by atoms with E-state index in [-0.39, 0.29) is 44.6 Å². The van der Waals surface area contributed by atoms with Crippen molar-refractivity contribution in [2.45, 2.75) is 9.79 Å². The van der Waals surface area contributed by atoms with Crippen LogP contribution in [0.5, 0.6) is 5.75 Å². The van der Waals surface area contributed by atoms with E-state index in [0.29, 0.717) is 0 Å². The predicted molar refractivity (Wildman–Crippen MR) is 101 cm³/mol. The first-order valence-corrected chi connectivity index (χ1v) is 10.6. The van der Waals surface area contributed by atoms with Crippen molar-refractivity contribution in [1.29, 1.82) is 0 Å². The van der Waals surface area contributed by atoms with Crippen LogP contribution in [0.4, 0.5) is 11.4 Å². The Bertz CT molecular complexity index is 1360. The summed E-state index contributed by atoms with van der Waals surface area (Å²) in [7, 11) is -9.01. The summed E-state index contributed by atoms with van der Waals surface area (Å²) < 4.78 is 63.3. The number of aromatic hydroxyl groups is 1. The van der Waals surface area contributed by atoms with Gasteiger partial charge in [-0.05, 0) is 47.9 Å². The van der Waals surface area contributed by atoms with E-state index in [2.05, 4.69) is 10.2 Å². The molecule has 0 heterocycles. The molecule has 0 aliphatic rings. The van der Waals surface area contributed by atoms with Crippen molar-refractivity contribution >= 4 is 48.7 Å². The predicted octanol–water partition coefficient (Wildman–Crippen LogP) is 3.27. The third-order valence-corrected chi connectivity index (χ3v) is 5.73. The van der Waals surface area contributed by atoms with Crippen molar-refractivity contribution in [3.05, 3.63) is 54.1 Å². The van der Waals surface area contributed by atoms with Crippen molar-refractivity contribution in [3.8, 4) is 5.75 Å². The number of carbonyl (C=O) groups is 1. The molecule has 0 unspecified atom stereocenters. The molecular formula is C17H12N2O8S2. The van der Waals surface area contributed by atoms with Crippen LogP contribution < -0.4 is 0 Å². The molecule has 0 saturated heterocycles. The zero-order chi connectivity index (χ0) is 21.4. The first-order valence-electron chi connectivity index (χ1n) is 7.73. The molecule has 3 aromatic carbocycles. The molecule has 10 nitrogen and oxygen atoms in total. The normalized spacial score (nSPS) is 12.5. The van der Waals surface area contributed by atoms with Gasteiger partial charge in [0.25, 0.3) is 20.2 Å². The third-order valence-electron chi connectivity index (χ3n) is 3.95. The highest BCUT2D eigenvalue weighted by molar-refractivity contribution is 7.86. The van der Waals surface area contributed by atoms with E-state index >= 15 is 0 Å². The second-order valence-corrected chi connectivity index (χ2v) is 8.58. The summed E-state index contributed by atoms with van der Waals surface area (Å²) in [6.07, 6.45) is 0.261. The molecule has 0 radical (unpaired) electrons. The molecule has 0 spiro atoms. The highest BCUT2D eigenvalue weighted by atomic mass is 32.2. The number of hydrogen-bond donors (Lipinski definition) is 3. The van der Waals surface area contributed by atoms with Gasteiger partial charge in [-0.1, -0.05) is 6.07 Å². The van der Waals surface area contributed by atoms with E-state index in [9.17, 15) is 31.3 Å². The molecule has 3 rings (SSSR count). The topological polar surface area (TPSA) is 171 Å². The maximum absolute atomic E-state index is 11.5. The Morgan fingerprint density at radius 2 is 1.38 bits per heavy atom. The van der Waals surface area contributed by atoms with Gasteiger partial charge in [-0.2, -0.15) is 21.9 Å². The molecule has 0 fully saturated rings. The Morgan fingerprint density at radius 3 is 1.93 bits per heavy atom. The van der Waals surface area contributed by atoms with E-state index in [1.54, 1.807) is 0 Å². The van der Waals surface area contributed by atoms with Gasteiger partial charge in [0.2, 0.25) is 0 Å². The van der Waals surface area contributed by atoms with Crippen molar-refractivity contribution in [3.63, 3.8) is 0 Å². The molecule has 0 aromatic heterocycles. The molecule has 150 valence electrons. The van der Waals surface area contributed by atoms with Gasteiger partial charge in [-0.3, -0.25) is 13.9 Å². The number of azo groups is 1. The lowest BCUT2D eigenvalue weighted by Crippen LogP contribution is -2.03. The van der Waals surface area contributed by atoms with Gasteiger partial charge in [0.15, 0.2) is 6.29 Å². The Balaban J connectivity index is 2.13. The van der Waals surface area contributed by atoms with Crippen LogP contribution in [0.3, 0.4) is 0 Å². The average molecular weight is 436 g/mol. The van der Waals surface area contributed by atoms with E-state index < -0.39 is 25.1 Å². The summed E-state index contributed by atoms with van der Waals surface area (Å²) >= 11 is 0. The molecule has 0 atom stereocenters. The van der Waals surface area contributed by atoms with E-state index in [4.69, 9.17) is 4.55 Å². The molecule has 0 saturated carbocycles. The first-order chi connectivity index (χ1) is 13.5. The molecule has 3 aromatic rings. The molecule has 0 aliphatic heterocycles.